The van der Waals surface area contributed by atoms with Crippen LogP contribution in [0, 0.1) is 11.6 Å². The second kappa shape index (κ2) is 7.36. The summed E-state index contributed by atoms with van der Waals surface area (Å²) in [6.45, 7) is 0.201. The number of rotatable bonds is 6. The third kappa shape index (κ3) is 4.39. The molecule has 0 heterocycles. The SMILES string of the molecule is NNC(COc1cccc(Cl)c1)Cc1cccc(F)c1F. The molecule has 1 atom stereocenters. The molecule has 3 nitrogen and oxygen atoms in total. The van der Waals surface area contributed by atoms with Crippen LogP contribution in [0.25, 0.3) is 0 Å². The molecular weight excluding hydrogens is 298 g/mol. The summed E-state index contributed by atoms with van der Waals surface area (Å²) in [4.78, 5) is 0. The highest BCUT2D eigenvalue weighted by Crippen LogP contribution is 2.18. The van der Waals surface area contributed by atoms with Crippen LogP contribution in [-0.4, -0.2) is 12.6 Å². The van der Waals surface area contributed by atoms with Crippen molar-refractivity contribution in [1.29, 1.82) is 0 Å². The number of hydrogen-bond acceptors (Lipinski definition) is 3. The van der Waals surface area contributed by atoms with Gasteiger partial charge in [0.15, 0.2) is 11.6 Å². The van der Waals surface area contributed by atoms with E-state index in [9.17, 15) is 8.78 Å². The summed E-state index contributed by atoms with van der Waals surface area (Å²) >= 11 is 5.85. The van der Waals surface area contributed by atoms with Gasteiger partial charge in [0.1, 0.15) is 12.4 Å². The smallest absolute Gasteiger partial charge is 0.162 e. The lowest BCUT2D eigenvalue weighted by molar-refractivity contribution is 0.263. The highest BCUT2D eigenvalue weighted by molar-refractivity contribution is 6.30. The summed E-state index contributed by atoms with van der Waals surface area (Å²) in [6, 6.07) is 10.6. The van der Waals surface area contributed by atoms with Gasteiger partial charge in [-0.05, 0) is 36.2 Å². The molecule has 1 unspecified atom stereocenters. The lowest BCUT2D eigenvalue weighted by Crippen LogP contribution is -2.41. The van der Waals surface area contributed by atoms with Crippen LogP contribution in [0.1, 0.15) is 5.56 Å². The minimum Gasteiger partial charge on any atom is -0.492 e. The van der Waals surface area contributed by atoms with Gasteiger partial charge in [-0.3, -0.25) is 11.3 Å². The van der Waals surface area contributed by atoms with Crippen molar-refractivity contribution >= 4 is 11.6 Å². The Morgan fingerprint density at radius 2 is 1.95 bits per heavy atom. The van der Waals surface area contributed by atoms with E-state index < -0.39 is 11.6 Å². The number of ether oxygens (including phenoxy) is 1. The molecule has 0 aliphatic rings. The number of nitrogens with two attached hydrogens (primary N) is 1. The molecule has 6 heteroatoms. The first-order chi connectivity index (χ1) is 10.1. The van der Waals surface area contributed by atoms with Crippen LogP contribution in [0.4, 0.5) is 8.78 Å². The van der Waals surface area contributed by atoms with Gasteiger partial charge in [0.25, 0.3) is 0 Å². The van der Waals surface area contributed by atoms with Gasteiger partial charge in [-0.1, -0.05) is 29.8 Å². The van der Waals surface area contributed by atoms with E-state index in [1.54, 1.807) is 24.3 Å². The van der Waals surface area contributed by atoms with E-state index in [2.05, 4.69) is 5.43 Å². The van der Waals surface area contributed by atoms with E-state index in [1.807, 2.05) is 0 Å². The van der Waals surface area contributed by atoms with Crippen molar-refractivity contribution in [2.75, 3.05) is 6.61 Å². The minimum absolute atomic E-state index is 0.201. The molecule has 0 spiro atoms. The number of nitrogens with one attached hydrogen (secondary N) is 1. The highest BCUT2D eigenvalue weighted by atomic mass is 35.5. The Kier molecular flexibility index (Phi) is 5.50. The number of benzene rings is 2. The Bertz CT molecular complexity index is 610. The molecule has 0 radical (unpaired) electrons. The van der Waals surface area contributed by atoms with Crippen LogP contribution < -0.4 is 16.0 Å². The van der Waals surface area contributed by atoms with Gasteiger partial charge in [0.05, 0.1) is 6.04 Å². The largest absolute Gasteiger partial charge is 0.492 e. The normalized spacial score (nSPS) is 12.2. The quantitative estimate of drug-likeness (QED) is 0.636. The van der Waals surface area contributed by atoms with Gasteiger partial charge in [0.2, 0.25) is 0 Å². The number of hydrogen-bond donors (Lipinski definition) is 2. The molecule has 0 saturated heterocycles. The highest BCUT2D eigenvalue weighted by Gasteiger charge is 2.14. The summed E-state index contributed by atoms with van der Waals surface area (Å²) in [5, 5.41) is 0.556. The van der Waals surface area contributed by atoms with E-state index in [0.717, 1.165) is 6.07 Å². The molecule has 2 rings (SSSR count). The molecule has 2 aromatic carbocycles. The number of halogens is 3. The van der Waals surface area contributed by atoms with Crippen molar-refractivity contribution in [1.82, 2.24) is 5.43 Å². The van der Waals surface area contributed by atoms with Crippen molar-refractivity contribution in [2.24, 2.45) is 5.84 Å². The van der Waals surface area contributed by atoms with Gasteiger partial charge in [-0.2, -0.15) is 0 Å². The maximum absolute atomic E-state index is 13.6. The first-order valence-corrected chi connectivity index (χ1v) is 6.75. The van der Waals surface area contributed by atoms with Crippen molar-refractivity contribution in [3.05, 3.63) is 64.7 Å². The molecule has 0 aliphatic heterocycles. The summed E-state index contributed by atoms with van der Waals surface area (Å²) in [7, 11) is 0. The van der Waals surface area contributed by atoms with E-state index in [4.69, 9.17) is 22.2 Å². The van der Waals surface area contributed by atoms with Crippen LogP contribution in [0.15, 0.2) is 42.5 Å². The fourth-order valence-corrected chi connectivity index (χ4v) is 2.07. The third-order valence-corrected chi connectivity index (χ3v) is 3.22. The molecule has 0 saturated carbocycles. The van der Waals surface area contributed by atoms with Crippen LogP contribution >= 0.6 is 11.6 Å². The monoisotopic (exact) mass is 312 g/mol. The summed E-state index contributed by atoms with van der Waals surface area (Å²) in [6.07, 6.45) is 0.209. The van der Waals surface area contributed by atoms with E-state index in [0.29, 0.717) is 10.8 Å². The topological polar surface area (TPSA) is 47.3 Å². The molecule has 2 aromatic rings. The van der Waals surface area contributed by atoms with Crippen molar-refractivity contribution in [3.8, 4) is 5.75 Å². The van der Waals surface area contributed by atoms with Gasteiger partial charge in [0, 0.05) is 5.02 Å². The lowest BCUT2D eigenvalue weighted by Gasteiger charge is -2.17. The van der Waals surface area contributed by atoms with E-state index in [1.165, 1.54) is 12.1 Å². The molecule has 0 aliphatic carbocycles. The van der Waals surface area contributed by atoms with Gasteiger partial charge >= 0.3 is 0 Å². The fraction of sp³-hybridized carbons (Fsp3) is 0.200. The Morgan fingerprint density at radius 1 is 1.19 bits per heavy atom. The first-order valence-electron chi connectivity index (χ1n) is 6.37. The van der Waals surface area contributed by atoms with Gasteiger partial charge < -0.3 is 4.74 Å². The molecule has 112 valence electrons. The lowest BCUT2D eigenvalue weighted by atomic mass is 10.1. The zero-order valence-corrected chi connectivity index (χ0v) is 11.9. The second-order valence-electron chi connectivity index (χ2n) is 4.55. The zero-order chi connectivity index (χ0) is 15.2. The molecule has 0 amide bonds. The molecule has 0 fully saturated rings. The average molecular weight is 313 g/mol. The first kappa shape index (κ1) is 15.7. The number of hydrazine groups is 1. The van der Waals surface area contributed by atoms with Crippen molar-refractivity contribution < 1.29 is 13.5 Å². The molecule has 0 aromatic heterocycles. The molecular formula is C15H15ClF2N2O. The molecule has 21 heavy (non-hydrogen) atoms. The summed E-state index contributed by atoms with van der Waals surface area (Å²) in [5.74, 6) is 4.28. The third-order valence-electron chi connectivity index (χ3n) is 2.98. The summed E-state index contributed by atoms with van der Waals surface area (Å²) in [5.41, 5.74) is 2.78. The Labute approximate surface area is 126 Å². The minimum atomic E-state index is -0.876. The van der Waals surface area contributed by atoms with Crippen molar-refractivity contribution in [2.45, 2.75) is 12.5 Å². The van der Waals surface area contributed by atoms with Crippen LogP contribution in [-0.2, 0) is 6.42 Å². The Balaban J connectivity index is 1.99. The zero-order valence-electron chi connectivity index (χ0n) is 11.2. The second-order valence-corrected chi connectivity index (χ2v) is 4.99. The maximum atomic E-state index is 13.6. The van der Waals surface area contributed by atoms with E-state index >= 15 is 0 Å². The van der Waals surface area contributed by atoms with Gasteiger partial charge in [-0.25, -0.2) is 8.78 Å². The van der Waals surface area contributed by atoms with E-state index in [-0.39, 0.29) is 24.6 Å². The molecule has 0 bridgehead atoms. The predicted molar refractivity (Wildman–Crippen MR) is 78.1 cm³/mol. The Morgan fingerprint density at radius 3 is 2.67 bits per heavy atom. The molecule has 3 N–H and O–H groups in total. The van der Waals surface area contributed by atoms with Crippen LogP contribution in [0.3, 0.4) is 0 Å². The van der Waals surface area contributed by atoms with Crippen molar-refractivity contribution in [3.63, 3.8) is 0 Å². The van der Waals surface area contributed by atoms with Crippen LogP contribution in [0.2, 0.25) is 5.02 Å². The Hall–Kier alpha value is -1.69. The fourth-order valence-electron chi connectivity index (χ4n) is 1.89. The average Bonchev–Trinajstić information content (AvgIpc) is 2.48. The van der Waals surface area contributed by atoms with Crippen LogP contribution in [0.5, 0.6) is 5.75 Å². The predicted octanol–water partition coefficient (Wildman–Crippen LogP) is 3.07. The standard InChI is InChI=1S/C15H15ClF2N2O/c16-11-4-2-5-13(8-11)21-9-12(20-19)7-10-3-1-6-14(17)15(10)18/h1-6,8,12,20H,7,9,19H2. The summed E-state index contributed by atoms with van der Waals surface area (Å²) < 4.78 is 32.3. The van der Waals surface area contributed by atoms with Gasteiger partial charge in [-0.15, -0.1) is 0 Å². The maximum Gasteiger partial charge on any atom is 0.162 e.